The van der Waals surface area contributed by atoms with Crippen LogP contribution >= 0.6 is 0 Å². The molecule has 0 aromatic rings. The molecule has 15 heavy (non-hydrogen) atoms. The molecule has 1 heterocycles. The van der Waals surface area contributed by atoms with Crippen molar-refractivity contribution in [1.29, 1.82) is 0 Å². The van der Waals surface area contributed by atoms with Crippen LogP contribution in [0.4, 0.5) is 0 Å². The van der Waals surface area contributed by atoms with E-state index in [2.05, 4.69) is 10.2 Å². The van der Waals surface area contributed by atoms with Crippen molar-refractivity contribution in [3.8, 4) is 0 Å². The molecule has 1 aliphatic heterocycles. The van der Waals surface area contributed by atoms with E-state index < -0.39 is 6.04 Å². The molecular formula is C11H23N3O. The lowest BCUT2D eigenvalue weighted by Gasteiger charge is -2.29. The number of nitrogens with one attached hydrogen (secondary N) is 1. The lowest BCUT2D eigenvalue weighted by Crippen LogP contribution is -2.48. The lowest BCUT2D eigenvalue weighted by molar-refractivity contribution is -0.122. The fourth-order valence-corrected chi connectivity index (χ4v) is 1.95. The molecule has 0 radical (unpaired) electrons. The van der Waals surface area contributed by atoms with Crippen molar-refractivity contribution in [1.82, 2.24) is 10.2 Å². The van der Waals surface area contributed by atoms with Crippen molar-refractivity contribution in [2.24, 2.45) is 5.73 Å². The Hall–Kier alpha value is -0.610. The van der Waals surface area contributed by atoms with Gasteiger partial charge in [0.25, 0.3) is 0 Å². The van der Waals surface area contributed by atoms with Crippen LogP contribution < -0.4 is 11.1 Å². The van der Waals surface area contributed by atoms with Crippen LogP contribution in [-0.2, 0) is 4.79 Å². The number of carbonyl (C=O) groups is 1. The summed E-state index contributed by atoms with van der Waals surface area (Å²) in [6.07, 6.45) is 3.92. The molecule has 3 N–H and O–H groups in total. The third-order valence-corrected chi connectivity index (χ3v) is 2.78. The summed E-state index contributed by atoms with van der Waals surface area (Å²) in [5, 5.41) is 2.92. The molecule has 2 atom stereocenters. The van der Waals surface area contributed by atoms with Gasteiger partial charge >= 0.3 is 0 Å². The van der Waals surface area contributed by atoms with E-state index in [1.807, 2.05) is 6.92 Å². The first kappa shape index (κ1) is 12.5. The highest BCUT2D eigenvalue weighted by Gasteiger charge is 2.15. The SMILES string of the molecule is CC(CN1CCCCC1)NC(=O)[C@H](C)N. The molecule has 1 rings (SSSR count). The van der Waals surface area contributed by atoms with Crippen LogP contribution in [0.25, 0.3) is 0 Å². The Labute approximate surface area is 92.2 Å². The van der Waals surface area contributed by atoms with Gasteiger partial charge in [0.15, 0.2) is 0 Å². The number of likely N-dealkylation sites (tertiary alicyclic amines) is 1. The third kappa shape index (κ3) is 4.62. The third-order valence-electron chi connectivity index (χ3n) is 2.78. The van der Waals surface area contributed by atoms with Gasteiger partial charge in [-0.3, -0.25) is 4.79 Å². The zero-order valence-corrected chi connectivity index (χ0v) is 9.83. The van der Waals surface area contributed by atoms with E-state index in [1.165, 1.54) is 32.4 Å². The zero-order valence-electron chi connectivity index (χ0n) is 9.83. The highest BCUT2D eigenvalue weighted by atomic mass is 16.2. The van der Waals surface area contributed by atoms with E-state index in [1.54, 1.807) is 6.92 Å². The van der Waals surface area contributed by atoms with Gasteiger partial charge in [-0.2, -0.15) is 0 Å². The second kappa shape index (κ2) is 6.08. The van der Waals surface area contributed by atoms with E-state index in [0.29, 0.717) is 0 Å². The van der Waals surface area contributed by atoms with Crippen molar-refractivity contribution in [3.63, 3.8) is 0 Å². The predicted octanol–water partition coefficient (Wildman–Crippen LogP) is 0.324. The van der Waals surface area contributed by atoms with Crippen LogP contribution in [0.15, 0.2) is 0 Å². The number of nitrogens with zero attached hydrogens (tertiary/aromatic N) is 1. The Morgan fingerprint density at radius 2 is 1.93 bits per heavy atom. The van der Waals surface area contributed by atoms with E-state index in [-0.39, 0.29) is 11.9 Å². The number of carbonyl (C=O) groups excluding carboxylic acids is 1. The van der Waals surface area contributed by atoms with Crippen molar-refractivity contribution in [2.45, 2.75) is 45.2 Å². The zero-order chi connectivity index (χ0) is 11.3. The van der Waals surface area contributed by atoms with Gasteiger partial charge in [0.2, 0.25) is 5.91 Å². The van der Waals surface area contributed by atoms with E-state index in [0.717, 1.165) is 6.54 Å². The second-order valence-corrected chi connectivity index (χ2v) is 4.56. The largest absolute Gasteiger partial charge is 0.351 e. The van der Waals surface area contributed by atoms with Crippen LogP contribution in [0.5, 0.6) is 0 Å². The second-order valence-electron chi connectivity index (χ2n) is 4.56. The minimum Gasteiger partial charge on any atom is -0.351 e. The normalized spacial score (nSPS) is 22.1. The maximum atomic E-state index is 11.3. The average molecular weight is 213 g/mol. The molecule has 1 unspecified atom stereocenters. The summed E-state index contributed by atoms with van der Waals surface area (Å²) in [5.41, 5.74) is 5.49. The van der Waals surface area contributed by atoms with Crippen LogP contribution in [-0.4, -0.2) is 42.5 Å². The predicted molar refractivity (Wildman–Crippen MR) is 61.5 cm³/mol. The maximum Gasteiger partial charge on any atom is 0.236 e. The number of hydrogen-bond acceptors (Lipinski definition) is 3. The topological polar surface area (TPSA) is 58.4 Å². The lowest BCUT2D eigenvalue weighted by atomic mass is 10.1. The molecule has 1 amide bonds. The monoisotopic (exact) mass is 213 g/mol. The smallest absolute Gasteiger partial charge is 0.236 e. The van der Waals surface area contributed by atoms with Gasteiger partial charge < -0.3 is 16.0 Å². The van der Waals surface area contributed by atoms with Gasteiger partial charge in [0.05, 0.1) is 6.04 Å². The first-order chi connectivity index (χ1) is 7.09. The Morgan fingerprint density at radius 1 is 1.33 bits per heavy atom. The average Bonchev–Trinajstić information content (AvgIpc) is 2.18. The number of nitrogens with two attached hydrogens (primary N) is 1. The molecule has 0 aromatic carbocycles. The molecule has 88 valence electrons. The van der Waals surface area contributed by atoms with Crippen molar-refractivity contribution >= 4 is 5.91 Å². The molecule has 4 heteroatoms. The summed E-state index contributed by atoms with van der Waals surface area (Å²) in [6, 6.07) is -0.213. The fraction of sp³-hybridized carbons (Fsp3) is 0.909. The Balaban J connectivity index is 2.22. The van der Waals surface area contributed by atoms with Gasteiger partial charge in [0, 0.05) is 12.6 Å². The quantitative estimate of drug-likeness (QED) is 0.707. The fourth-order valence-electron chi connectivity index (χ4n) is 1.95. The molecule has 4 nitrogen and oxygen atoms in total. The van der Waals surface area contributed by atoms with Crippen molar-refractivity contribution in [3.05, 3.63) is 0 Å². The highest BCUT2D eigenvalue weighted by Crippen LogP contribution is 2.08. The van der Waals surface area contributed by atoms with Gasteiger partial charge in [-0.1, -0.05) is 6.42 Å². The molecule has 1 aliphatic rings. The number of amides is 1. The maximum absolute atomic E-state index is 11.3. The highest BCUT2D eigenvalue weighted by molar-refractivity contribution is 5.81. The molecule has 1 fully saturated rings. The Bertz CT molecular complexity index is 200. The van der Waals surface area contributed by atoms with E-state index >= 15 is 0 Å². The van der Waals surface area contributed by atoms with Crippen molar-refractivity contribution in [2.75, 3.05) is 19.6 Å². The molecule has 0 spiro atoms. The summed E-state index contributed by atoms with van der Waals surface area (Å²) in [5.74, 6) is -0.0560. The summed E-state index contributed by atoms with van der Waals surface area (Å²) in [7, 11) is 0. The van der Waals surface area contributed by atoms with Gasteiger partial charge in [0.1, 0.15) is 0 Å². The molecule has 0 bridgehead atoms. The minimum absolute atomic E-state index is 0.0560. The molecule has 1 saturated heterocycles. The van der Waals surface area contributed by atoms with Crippen LogP contribution in [0.1, 0.15) is 33.1 Å². The Morgan fingerprint density at radius 3 is 2.47 bits per heavy atom. The summed E-state index contributed by atoms with van der Waals surface area (Å²) in [6.45, 7) is 7.02. The van der Waals surface area contributed by atoms with Crippen LogP contribution in [0.2, 0.25) is 0 Å². The van der Waals surface area contributed by atoms with Crippen molar-refractivity contribution < 1.29 is 4.79 Å². The first-order valence-corrected chi connectivity index (χ1v) is 5.88. The standard InChI is InChI=1S/C11H23N3O/c1-9(13-11(15)10(2)12)8-14-6-4-3-5-7-14/h9-10H,3-8,12H2,1-2H3,(H,13,15)/t9?,10-/m0/s1. The molecule has 0 aromatic heterocycles. The molecule has 0 aliphatic carbocycles. The van der Waals surface area contributed by atoms with Gasteiger partial charge in [-0.25, -0.2) is 0 Å². The summed E-state index contributed by atoms with van der Waals surface area (Å²) < 4.78 is 0. The number of rotatable bonds is 4. The van der Waals surface area contributed by atoms with Crippen LogP contribution in [0, 0.1) is 0 Å². The number of piperidine rings is 1. The van der Waals surface area contributed by atoms with Gasteiger partial charge in [-0.15, -0.1) is 0 Å². The van der Waals surface area contributed by atoms with E-state index in [4.69, 9.17) is 5.73 Å². The first-order valence-electron chi connectivity index (χ1n) is 5.88. The molecular weight excluding hydrogens is 190 g/mol. The minimum atomic E-state index is -0.409. The van der Waals surface area contributed by atoms with E-state index in [9.17, 15) is 4.79 Å². The van der Waals surface area contributed by atoms with Crippen LogP contribution in [0.3, 0.4) is 0 Å². The Kier molecular flexibility index (Phi) is 5.05. The summed E-state index contributed by atoms with van der Waals surface area (Å²) in [4.78, 5) is 13.8. The van der Waals surface area contributed by atoms with Gasteiger partial charge in [-0.05, 0) is 39.8 Å². The number of hydrogen-bond donors (Lipinski definition) is 2. The molecule has 0 saturated carbocycles. The summed E-state index contributed by atoms with van der Waals surface area (Å²) >= 11 is 0.